The molecule has 8 heteroatoms. The minimum Gasteiger partial charge on any atom is -0.493 e. The van der Waals surface area contributed by atoms with Gasteiger partial charge in [-0.3, -0.25) is 0 Å². The van der Waals surface area contributed by atoms with Crippen LogP contribution in [-0.2, 0) is 13.1 Å². The number of benzene rings is 1. The normalized spacial score (nSPS) is 14.9. The maximum absolute atomic E-state index is 6.29. The van der Waals surface area contributed by atoms with E-state index in [-0.39, 0.29) is 6.10 Å². The summed E-state index contributed by atoms with van der Waals surface area (Å²) in [5.41, 5.74) is 0.999. The number of aliphatic imine (C=N–C) groups is 1. The Labute approximate surface area is 165 Å². The molecule has 2 N–H and O–H groups in total. The number of rotatable bonds is 8. The summed E-state index contributed by atoms with van der Waals surface area (Å²) in [6.07, 6.45) is 4.88. The van der Waals surface area contributed by atoms with E-state index in [1.165, 1.54) is 12.8 Å². The quantitative estimate of drug-likeness (QED) is 0.531. The minimum absolute atomic E-state index is 0.256. The summed E-state index contributed by atoms with van der Waals surface area (Å²) in [6.45, 7) is 5.45. The SMILES string of the molecule is CCNC(=NCc1cccc(OC)c1OC1CCCC1)NCc1noc(C)n1. The highest BCUT2D eigenvalue weighted by Crippen LogP contribution is 2.35. The Morgan fingerprint density at radius 3 is 2.79 bits per heavy atom. The van der Waals surface area contributed by atoms with Crippen molar-refractivity contribution in [3.05, 3.63) is 35.5 Å². The van der Waals surface area contributed by atoms with E-state index in [4.69, 9.17) is 14.0 Å². The predicted molar refractivity (Wildman–Crippen MR) is 107 cm³/mol. The third kappa shape index (κ3) is 5.37. The molecule has 1 aliphatic rings. The highest BCUT2D eigenvalue weighted by molar-refractivity contribution is 5.79. The molecule has 2 aromatic rings. The number of methoxy groups -OCH3 is 1. The molecular formula is C20H29N5O3. The van der Waals surface area contributed by atoms with Crippen LogP contribution < -0.4 is 20.1 Å². The summed E-state index contributed by atoms with van der Waals surface area (Å²) < 4.78 is 16.8. The van der Waals surface area contributed by atoms with Gasteiger partial charge < -0.3 is 24.6 Å². The molecule has 1 fully saturated rings. The van der Waals surface area contributed by atoms with Gasteiger partial charge in [-0.05, 0) is 38.7 Å². The zero-order valence-electron chi connectivity index (χ0n) is 16.8. The van der Waals surface area contributed by atoms with Crippen molar-refractivity contribution in [1.82, 2.24) is 20.8 Å². The van der Waals surface area contributed by atoms with Crippen LogP contribution in [0.25, 0.3) is 0 Å². The van der Waals surface area contributed by atoms with Crippen molar-refractivity contribution in [3.8, 4) is 11.5 Å². The Morgan fingerprint density at radius 1 is 1.29 bits per heavy atom. The standard InChI is InChI=1S/C20H29N5O3/c1-4-21-20(23-13-18-24-14(2)28-25-18)22-12-15-8-7-11-17(26-3)19(15)27-16-9-5-6-10-16/h7-8,11,16H,4-6,9-10,12-13H2,1-3H3,(H2,21,22,23). The van der Waals surface area contributed by atoms with Crippen molar-refractivity contribution in [1.29, 1.82) is 0 Å². The smallest absolute Gasteiger partial charge is 0.223 e. The minimum atomic E-state index is 0.256. The summed E-state index contributed by atoms with van der Waals surface area (Å²) in [5, 5.41) is 10.3. The largest absolute Gasteiger partial charge is 0.493 e. The molecule has 1 aliphatic carbocycles. The number of hydrogen-bond donors (Lipinski definition) is 2. The van der Waals surface area contributed by atoms with Gasteiger partial charge in [-0.1, -0.05) is 17.3 Å². The van der Waals surface area contributed by atoms with Gasteiger partial charge in [-0.2, -0.15) is 4.98 Å². The molecule has 0 atom stereocenters. The van der Waals surface area contributed by atoms with Crippen molar-refractivity contribution < 1.29 is 14.0 Å². The van der Waals surface area contributed by atoms with E-state index in [0.29, 0.717) is 30.8 Å². The van der Waals surface area contributed by atoms with Gasteiger partial charge in [0.05, 0.1) is 26.3 Å². The number of aryl methyl sites for hydroxylation is 1. The number of guanidine groups is 1. The first-order chi connectivity index (χ1) is 13.7. The first-order valence-corrected chi connectivity index (χ1v) is 9.83. The van der Waals surface area contributed by atoms with E-state index in [1.54, 1.807) is 14.0 Å². The highest BCUT2D eigenvalue weighted by Gasteiger charge is 2.20. The maximum atomic E-state index is 6.29. The first kappa shape index (κ1) is 20.0. The Kier molecular flexibility index (Phi) is 7.11. The third-order valence-electron chi connectivity index (χ3n) is 4.60. The van der Waals surface area contributed by atoms with Crippen molar-refractivity contribution >= 4 is 5.96 Å². The van der Waals surface area contributed by atoms with E-state index in [9.17, 15) is 0 Å². The predicted octanol–water partition coefficient (Wildman–Crippen LogP) is 2.96. The fourth-order valence-electron chi connectivity index (χ4n) is 3.24. The summed E-state index contributed by atoms with van der Waals surface area (Å²) >= 11 is 0. The lowest BCUT2D eigenvalue weighted by Gasteiger charge is -2.19. The second-order valence-electron chi connectivity index (χ2n) is 6.75. The zero-order chi connectivity index (χ0) is 19.8. The average Bonchev–Trinajstić information content (AvgIpc) is 3.36. The lowest BCUT2D eigenvalue weighted by atomic mass is 10.1. The van der Waals surface area contributed by atoms with Gasteiger partial charge in [-0.25, -0.2) is 4.99 Å². The van der Waals surface area contributed by atoms with Gasteiger partial charge >= 0.3 is 0 Å². The molecule has 1 aromatic carbocycles. The molecule has 0 unspecified atom stereocenters. The molecule has 0 spiro atoms. The van der Waals surface area contributed by atoms with Crippen molar-refractivity contribution in [2.24, 2.45) is 4.99 Å². The Morgan fingerprint density at radius 2 is 2.11 bits per heavy atom. The summed E-state index contributed by atoms with van der Waals surface area (Å²) in [6, 6.07) is 5.93. The zero-order valence-corrected chi connectivity index (χ0v) is 16.8. The summed E-state index contributed by atoms with van der Waals surface area (Å²) in [7, 11) is 1.67. The number of ether oxygens (including phenoxy) is 2. The maximum Gasteiger partial charge on any atom is 0.223 e. The molecule has 152 valence electrons. The van der Waals surface area contributed by atoms with Gasteiger partial charge in [0.1, 0.15) is 0 Å². The molecule has 0 saturated heterocycles. The van der Waals surface area contributed by atoms with Crippen LogP contribution in [0.1, 0.15) is 49.9 Å². The summed E-state index contributed by atoms with van der Waals surface area (Å²) in [4.78, 5) is 8.88. The van der Waals surface area contributed by atoms with Gasteiger partial charge in [0.2, 0.25) is 5.89 Å². The van der Waals surface area contributed by atoms with Crippen LogP contribution in [0.4, 0.5) is 0 Å². The van der Waals surface area contributed by atoms with E-state index in [2.05, 4.69) is 25.8 Å². The Balaban J connectivity index is 1.71. The van der Waals surface area contributed by atoms with Crippen molar-refractivity contribution in [2.75, 3.05) is 13.7 Å². The number of nitrogens with one attached hydrogen (secondary N) is 2. The third-order valence-corrected chi connectivity index (χ3v) is 4.60. The van der Waals surface area contributed by atoms with Gasteiger partial charge in [0.25, 0.3) is 0 Å². The highest BCUT2D eigenvalue weighted by atomic mass is 16.5. The average molecular weight is 387 g/mol. The number of aromatic nitrogens is 2. The topological polar surface area (TPSA) is 93.8 Å². The monoisotopic (exact) mass is 387 g/mol. The molecule has 1 saturated carbocycles. The van der Waals surface area contributed by atoms with E-state index < -0.39 is 0 Å². The molecule has 0 bridgehead atoms. The van der Waals surface area contributed by atoms with Gasteiger partial charge in [0.15, 0.2) is 23.3 Å². The number of para-hydroxylation sites is 1. The molecular weight excluding hydrogens is 358 g/mol. The van der Waals surface area contributed by atoms with Crippen LogP contribution in [0, 0.1) is 6.92 Å². The van der Waals surface area contributed by atoms with Crippen LogP contribution in [0.5, 0.6) is 11.5 Å². The first-order valence-electron chi connectivity index (χ1n) is 9.83. The number of hydrogen-bond acceptors (Lipinski definition) is 6. The number of nitrogens with zero attached hydrogens (tertiary/aromatic N) is 3. The van der Waals surface area contributed by atoms with E-state index in [1.807, 2.05) is 25.1 Å². The Hall–Kier alpha value is -2.77. The Bertz CT molecular complexity index is 784. The van der Waals surface area contributed by atoms with E-state index >= 15 is 0 Å². The van der Waals surface area contributed by atoms with Gasteiger partial charge in [0, 0.05) is 19.0 Å². The second-order valence-corrected chi connectivity index (χ2v) is 6.75. The van der Waals surface area contributed by atoms with Crippen molar-refractivity contribution in [2.45, 2.75) is 58.7 Å². The fraction of sp³-hybridized carbons (Fsp3) is 0.550. The van der Waals surface area contributed by atoms with Crippen LogP contribution in [0.15, 0.2) is 27.7 Å². The lowest BCUT2D eigenvalue weighted by molar-refractivity contribution is 0.198. The molecule has 8 nitrogen and oxygen atoms in total. The molecule has 0 aliphatic heterocycles. The second kappa shape index (κ2) is 9.96. The van der Waals surface area contributed by atoms with Crippen molar-refractivity contribution in [3.63, 3.8) is 0 Å². The molecule has 1 heterocycles. The van der Waals surface area contributed by atoms with Crippen LogP contribution in [-0.4, -0.2) is 35.9 Å². The van der Waals surface area contributed by atoms with Gasteiger partial charge in [-0.15, -0.1) is 0 Å². The lowest BCUT2D eigenvalue weighted by Crippen LogP contribution is -2.37. The molecule has 0 amide bonds. The molecule has 1 aromatic heterocycles. The van der Waals surface area contributed by atoms with Crippen LogP contribution in [0.2, 0.25) is 0 Å². The van der Waals surface area contributed by atoms with Crippen LogP contribution in [0.3, 0.4) is 0 Å². The van der Waals surface area contributed by atoms with E-state index in [0.717, 1.165) is 36.4 Å². The molecule has 28 heavy (non-hydrogen) atoms. The molecule has 0 radical (unpaired) electrons. The summed E-state index contributed by atoms with van der Waals surface area (Å²) in [5.74, 6) is 3.36. The van der Waals surface area contributed by atoms with Crippen LogP contribution >= 0.6 is 0 Å². The fourth-order valence-corrected chi connectivity index (χ4v) is 3.24. The molecule has 3 rings (SSSR count).